The fraction of sp³-hybridized carbons (Fsp3) is 0.533. The van der Waals surface area contributed by atoms with E-state index in [-0.39, 0.29) is 24.0 Å². The van der Waals surface area contributed by atoms with Gasteiger partial charge >= 0.3 is 0 Å². The van der Waals surface area contributed by atoms with Crippen molar-refractivity contribution in [2.75, 3.05) is 20.2 Å². The summed E-state index contributed by atoms with van der Waals surface area (Å²) in [6, 6.07) is 8.21. The molecule has 0 radical (unpaired) electrons. The van der Waals surface area contributed by atoms with Crippen LogP contribution in [0.4, 0.5) is 0 Å². The van der Waals surface area contributed by atoms with Crippen LogP contribution in [0.15, 0.2) is 29.3 Å². The molecule has 0 aromatic heterocycles. The molecule has 1 aromatic carbocycles. The standard InChI is InChI=1S/C15H25N3O.HI/c1-4-10-17-15(16)18-11-9-12(2)13-5-7-14(19-3)8-6-13;/h5-8,12H,4,9-11H2,1-3H3,(H3,16,17,18);1H. The Hall–Kier alpha value is -0.980. The molecule has 5 heteroatoms. The van der Waals surface area contributed by atoms with Gasteiger partial charge in [0.1, 0.15) is 5.75 Å². The molecule has 114 valence electrons. The number of aliphatic imine (C=N–C) groups is 1. The average molecular weight is 391 g/mol. The molecule has 0 heterocycles. The lowest BCUT2D eigenvalue weighted by Crippen LogP contribution is -2.33. The summed E-state index contributed by atoms with van der Waals surface area (Å²) < 4.78 is 5.15. The highest BCUT2D eigenvalue weighted by molar-refractivity contribution is 14.0. The molecule has 0 aliphatic carbocycles. The van der Waals surface area contributed by atoms with Gasteiger partial charge in [0, 0.05) is 13.1 Å². The number of benzene rings is 1. The second kappa shape index (κ2) is 10.8. The maximum atomic E-state index is 5.74. The van der Waals surface area contributed by atoms with Gasteiger partial charge in [0.2, 0.25) is 0 Å². The molecule has 0 aliphatic rings. The number of nitrogens with one attached hydrogen (secondary N) is 1. The van der Waals surface area contributed by atoms with Crippen LogP contribution in [0.5, 0.6) is 5.75 Å². The van der Waals surface area contributed by atoms with E-state index < -0.39 is 0 Å². The zero-order valence-corrected chi connectivity index (χ0v) is 14.9. The smallest absolute Gasteiger partial charge is 0.188 e. The van der Waals surface area contributed by atoms with Gasteiger partial charge in [0.15, 0.2) is 5.96 Å². The number of rotatable bonds is 7. The molecule has 4 nitrogen and oxygen atoms in total. The normalized spacial score (nSPS) is 12.4. The van der Waals surface area contributed by atoms with Crippen LogP contribution in [0.1, 0.15) is 38.2 Å². The molecular weight excluding hydrogens is 365 g/mol. The fourth-order valence-electron chi connectivity index (χ4n) is 1.80. The zero-order chi connectivity index (χ0) is 14.1. The van der Waals surface area contributed by atoms with Crippen molar-refractivity contribution in [3.05, 3.63) is 29.8 Å². The molecule has 1 unspecified atom stereocenters. The van der Waals surface area contributed by atoms with Crippen molar-refractivity contribution in [2.45, 2.75) is 32.6 Å². The number of nitrogens with two attached hydrogens (primary N) is 1. The lowest BCUT2D eigenvalue weighted by Gasteiger charge is -2.13. The monoisotopic (exact) mass is 391 g/mol. The maximum Gasteiger partial charge on any atom is 0.188 e. The van der Waals surface area contributed by atoms with Gasteiger partial charge in [0.05, 0.1) is 7.11 Å². The van der Waals surface area contributed by atoms with Crippen molar-refractivity contribution >= 4 is 29.9 Å². The van der Waals surface area contributed by atoms with Crippen LogP contribution < -0.4 is 15.8 Å². The molecule has 3 N–H and O–H groups in total. The summed E-state index contributed by atoms with van der Waals surface area (Å²) in [5.74, 6) is 1.92. The first kappa shape index (κ1) is 19.0. The molecule has 0 fully saturated rings. The molecule has 1 rings (SSSR count). The van der Waals surface area contributed by atoms with Gasteiger partial charge in [-0.05, 0) is 36.5 Å². The molecule has 0 amide bonds. The largest absolute Gasteiger partial charge is 0.497 e. The van der Waals surface area contributed by atoms with Crippen LogP contribution in [-0.2, 0) is 0 Å². The first-order valence-electron chi connectivity index (χ1n) is 6.85. The first-order chi connectivity index (χ1) is 9.17. The minimum atomic E-state index is 0. The molecule has 0 saturated carbocycles. The van der Waals surface area contributed by atoms with Gasteiger partial charge < -0.3 is 15.8 Å². The van der Waals surface area contributed by atoms with Crippen molar-refractivity contribution in [1.82, 2.24) is 5.32 Å². The van der Waals surface area contributed by atoms with Crippen molar-refractivity contribution in [2.24, 2.45) is 10.7 Å². The Morgan fingerprint density at radius 1 is 1.35 bits per heavy atom. The predicted octanol–water partition coefficient (Wildman–Crippen LogP) is 3.12. The number of guanidine groups is 1. The third kappa shape index (κ3) is 6.98. The Labute approximate surface area is 139 Å². The van der Waals surface area contributed by atoms with E-state index in [1.807, 2.05) is 12.1 Å². The lowest BCUT2D eigenvalue weighted by atomic mass is 9.98. The summed E-state index contributed by atoms with van der Waals surface area (Å²) in [6.45, 7) is 5.92. The van der Waals surface area contributed by atoms with Crippen molar-refractivity contribution in [1.29, 1.82) is 0 Å². The van der Waals surface area contributed by atoms with Gasteiger partial charge in [-0.3, -0.25) is 4.99 Å². The minimum absolute atomic E-state index is 0. The van der Waals surface area contributed by atoms with Crippen LogP contribution >= 0.6 is 24.0 Å². The summed E-state index contributed by atoms with van der Waals surface area (Å²) in [5, 5.41) is 3.14. The van der Waals surface area contributed by atoms with Crippen LogP contribution in [0.2, 0.25) is 0 Å². The van der Waals surface area contributed by atoms with Crippen LogP contribution in [0.3, 0.4) is 0 Å². The zero-order valence-electron chi connectivity index (χ0n) is 12.6. The maximum absolute atomic E-state index is 5.74. The van der Waals surface area contributed by atoms with E-state index in [2.05, 4.69) is 36.3 Å². The first-order valence-corrected chi connectivity index (χ1v) is 6.85. The molecule has 0 bridgehead atoms. The average Bonchev–Trinajstić information content (AvgIpc) is 2.45. The van der Waals surface area contributed by atoms with Crippen molar-refractivity contribution in [3.8, 4) is 5.75 Å². The number of nitrogens with zero attached hydrogens (tertiary/aromatic N) is 1. The summed E-state index contributed by atoms with van der Waals surface area (Å²) >= 11 is 0. The third-order valence-electron chi connectivity index (χ3n) is 3.07. The van der Waals surface area contributed by atoms with E-state index in [1.165, 1.54) is 5.56 Å². The van der Waals surface area contributed by atoms with E-state index in [0.29, 0.717) is 11.9 Å². The van der Waals surface area contributed by atoms with E-state index in [4.69, 9.17) is 10.5 Å². The van der Waals surface area contributed by atoms with Crippen LogP contribution in [0.25, 0.3) is 0 Å². The Bertz CT molecular complexity index is 393. The molecular formula is C15H26IN3O. The highest BCUT2D eigenvalue weighted by Gasteiger charge is 2.05. The molecule has 20 heavy (non-hydrogen) atoms. The summed E-state index contributed by atoms with van der Waals surface area (Å²) in [7, 11) is 1.68. The second-order valence-electron chi connectivity index (χ2n) is 4.66. The Balaban J connectivity index is 0.00000361. The second-order valence-corrected chi connectivity index (χ2v) is 4.66. The highest BCUT2D eigenvalue weighted by Crippen LogP contribution is 2.21. The van der Waals surface area contributed by atoms with E-state index in [1.54, 1.807) is 7.11 Å². The van der Waals surface area contributed by atoms with Crippen molar-refractivity contribution in [3.63, 3.8) is 0 Å². The predicted molar refractivity (Wildman–Crippen MR) is 96.2 cm³/mol. The fourth-order valence-corrected chi connectivity index (χ4v) is 1.80. The summed E-state index contributed by atoms with van der Waals surface area (Å²) in [6.07, 6.45) is 2.04. The SMILES string of the molecule is CCCN=C(N)NCCC(C)c1ccc(OC)cc1.I. The summed E-state index contributed by atoms with van der Waals surface area (Å²) in [4.78, 5) is 4.20. The summed E-state index contributed by atoms with van der Waals surface area (Å²) in [5.41, 5.74) is 7.06. The quantitative estimate of drug-likeness (QED) is 0.427. The Kier molecular flexibility index (Phi) is 10.2. The topological polar surface area (TPSA) is 59.6 Å². The van der Waals surface area contributed by atoms with Gasteiger partial charge in [-0.25, -0.2) is 0 Å². The molecule has 0 spiro atoms. The lowest BCUT2D eigenvalue weighted by molar-refractivity contribution is 0.414. The number of methoxy groups -OCH3 is 1. The van der Waals surface area contributed by atoms with E-state index in [0.717, 1.165) is 31.7 Å². The third-order valence-corrected chi connectivity index (χ3v) is 3.07. The number of hydrogen-bond acceptors (Lipinski definition) is 2. The molecule has 1 aromatic rings. The Morgan fingerprint density at radius 2 is 2.00 bits per heavy atom. The number of hydrogen-bond donors (Lipinski definition) is 2. The molecule has 0 saturated heterocycles. The van der Waals surface area contributed by atoms with E-state index in [9.17, 15) is 0 Å². The Morgan fingerprint density at radius 3 is 2.55 bits per heavy atom. The van der Waals surface area contributed by atoms with E-state index >= 15 is 0 Å². The van der Waals surface area contributed by atoms with Gasteiger partial charge in [0.25, 0.3) is 0 Å². The molecule has 0 aliphatic heterocycles. The number of ether oxygens (including phenoxy) is 1. The minimum Gasteiger partial charge on any atom is -0.497 e. The highest BCUT2D eigenvalue weighted by atomic mass is 127. The van der Waals surface area contributed by atoms with Gasteiger partial charge in [-0.15, -0.1) is 24.0 Å². The van der Waals surface area contributed by atoms with Crippen LogP contribution in [-0.4, -0.2) is 26.2 Å². The van der Waals surface area contributed by atoms with Crippen LogP contribution in [0, 0.1) is 0 Å². The van der Waals surface area contributed by atoms with Crippen molar-refractivity contribution < 1.29 is 4.74 Å². The van der Waals surface area contributed by atoms with Gasteiger partial charge in [-0.2, -0.15) is 0 Å². The molecule has 1 atom stereocenters. The van der Waals surface area contributed by atoms with Gasteiger partial charge in [-0.1, -0.05) is 26.0 Å². The number of halogens is 1.